The minimum Gasteiger partial charge on any atom is -0.478 e. The summed E-state index contributed by atoms with van der Waals surface area (Å²) in [5.41, 5.74) is 6.44. The van der Waals surface area contributed by atoms with Gasteiger partial charge in [-0.2, -0.15) is 0 Å². The zero-order valence-corrected chi connectivity index (χ0v) is 13.8. The Kier molecular flexibility index (Phi) is 4.46. The fourth-order valence-corrected chi connectivity index (χ4v) is 4.33. The van der Waals surface area contributed by atoms with E-state index in [2.05, 4.69) is 37.2 Å². The van der Waals surface area contributed by atoms with E-state index in [0.717, 1.165) is 3.79 Å². The van der Waals surface area contributed by atoms with Crippen molar-refractivity contribution in [3.05, 3.63) is 43.0 Å². The van der Waals surface area contributed by atoms with Crippen LogP contribution in [0.25, 0.3) is 0 Å². The highest BCUT2D eigenvalue weighted by atomic mass is 79.9. The van der Waals surface area contributed by atoms with Gasteiger partial charge in [0.2, 0.25) is 0 Å². The van der Waals surface area contributed by atoms with Crippen LogP contribution in [0.4, 0.5) is 11.4 Å². The molecule has 2 rings (SSSR count). The summed E-state index contributed by atoms with van der Waals surface area (Å²) in [7, 11) is 0. The molecule has 2 aromatic rings. The predicted molar refractivity (Wildman–Crippen MR) is 85.5 cm³/mol. The largest absolute Gasteiger partial charge is 0.478 e. The first-order valence-corrected chi connectivity index (χ1v) is 7.67. The molecular weight excluding hydrogens is 412 g/mol. The molecule has 0 aliphatic rings. The number of halogens is 2. The number of carbonyl (C=O) groups excluding carboxylic acids is 1. The molecule has 1 heterocycles. The molecule has 5 nitrogen and oxygen atoms in total. The lowest BCUT2D eigenvalue weighted by Gasteiger charge is -2.08. The third-order valence-corrected chi connectivity index (χ3v) is 4.76. The standard InChI is InChI=1S/C12H8Br2N2O3S/c13-9-4-7(10(14)20-9)11(17)16-8-2-1-5(15)3-6(8)12(18)19/h1-4H,15H2,(H,16,17)(H,18,19). The average Bonchev–Trinajstić information content (AvgIpc) is 2.70. The number of carboxylic acids is 1. The highest BCUT2D eigenvalue weighted by Crippen LogP contribution is 2.32. The van der Waals surface area contributed by atoms with Crippen molar-refractivity contribution in [1.29, 1.82) is 0 Å². The van der Waals surface area contributed by atoms with Gasteiger partial charge in [-0.25, -0.2) is 4.79 Å². The molecule has 8 heteroatoms. The molecule has 0 fully saturated rings. The number of nitrogen functional groups attached to an aromatic ring is 1. The molecule has 0 aliphatic heterocycles. The van der Waals surface area contributed by atoms with Crippen LogP contribution < -0.4 is 11.1 Å². The van der Waals surface area contributed by atoms with E-state index in [1.807, 2.05) is 0 Å². The van der Waals surface area contributed by atoms with Crippen LogP contribution >= 0.6 is 43.2 Å². The minimum atomic E-state index is -1.15. The van der Waals surface area contributed by atoms with Crippen molar-refractivity contribution in [3.63, 3.8) is 0 Å². The minimum absolute atomic E-state index is 0.0521. The van der Waals surface area contributed by atoms with Crippen molar-refractivity contribution in [2.24, 2.45) is 0 Å². The molecule has 104 valence electrons. The molecule has 0 radical (unpaired) electrons. The molecule has 0 saturated heterocycles. The lowest BCUT2D eigenvalue weighted by atomic mass is 10.1. The van der Waals surface area contributed by atoms with Crippen molar-refractivity contribution in [2.45, 2.75) is 0 Å². The van der Waals surface area contributed by atoms with E-state index in [9.17, 15) is 9.59 Å². The molecule has 1 aromatic carbocycles. The Balaban J connectivity index is 2.33. The van der Waals surface area contributed by atoms with E-state index in [1.165, 1.54) is 29.5 Å². The van der Waals surface area contributed by atoms with Gasteiger partial charge in [0.25, 0.3) is 5.91 Å². The van der Waals surface area contributed by atoms with Gasteiger partial charge in [0.1, 0.15) is 0 Å². The average molecular weight is 420 g/mol. The Morgan fingerprint density at radius 3 is 2.45 bits per heavy atom. The second kappa shape index (κ2) is 5.94. The van der Waals surface area contributed by atoms with Crippen LogP contribution in [0.15, 0.2) is 31.8 Å². The normalized spacial score (nSPS) is 10.3. The molecule has 1 amide bonds. The van der Waals surface area contributed by atoms with Crippen LogP contribution in [-0.4, -0.2) is 17.0 Å². The number of hydrogen-bond donors (Lipinski definition) is 3. The Morgan fingerprint density at radius 1 is 1.20 bits per heavy atom. The number of benzene rings is 1. The molecule has 20 heavy (non-hydrogen) atoms. The maximum Gasteiger partial charge on any atom is 0.337 e. The van der Waals surface area contributed by atoms with Crippen LogP contribution in [0.1, 0.15) is 20.7 Å². The zero-order valence-electron chi connectivity index (χ0n) is 9.81. The van der Waals surface area contributed by atoms with E-state index in [-0.39, 0.29) is 11.3 Å². The Bertz CT molecular complexity index is 700. The van der Waals surface area contributed by atoms with Crippen LogP contribution in [0.5, 0.6) is 0 Å². The van der Waals surface area contributed by atoms with Crippen molar-refractivity contribution in [1.82, 2.24) is 0 Å². The third-order valence-electron chi connectivity index (χ3n) is 2.42. The first kappa shape index (κ1) is 15.0. The second-order valence-electron chi connectivity index (χ2n) is 3.80. The van der Waals surface area contributed by atoms with Crippen LogP contribution in [0, 0.1) is 0 Å². The first-order chi connectivity index (χ1) is 9.38. The van der Waals surface area contributed by atoms with Gasteiger partial charge in [0.15, 0.2) is 0 Å². The number of aromatic carboxylic acids is 1. The van der Waals surface area contributed by atoms with Gasteiger partial charge in [-0.3, -0.25) is 4.79 Å². The second-order valence-corrected chi connectivity index (χ2v) is 7.55. The van der Waals surface area contributed by atoms with Crippen molar-refractivity contribution >= 4 is 66.4 Å². The van der Waals surface area contributed by atoms with Crippen molar-refractivity contribution < 1.29 is 14.7 Å². The number of thiophene rings is 1. The molecule has 0 unspecified atom stereocenters. The molecule has 1 aromatic heterocycles. The van der Waals surface area contributed by atoms with E-state index in [1.54, 1.807) is 6.07 Å². The highest BCUT2D eigenvalue weighted by molar-refractivity contribution is 9.12. The summed E-state index contributed by atoms with van der Waals surface area (Å²) in [4.78, 5) is 23.3. The van der Waals surface area contributed by atoms with Crippen molar-refractivity contribution in [2.75, 3.05) is 11.1 Å². The number of amides is 1. The fraction of sp³-hybridized carbons (Fsp3) is 0. The smallest absolute Gasteiger partial charge is 0.337 e. The van der Waals surface area contributed by atoms with Gasteiger partial charge in [-0.15, -0.1) is 11.3 Å². The molecule has 0 aliphatic carbocycles. The summed E-state index contributed by atoms with van der Waals surface area (Å²) in [6.07, 6.45) is 0. The number of nitrogens with two attached hydrogens (primary N) is 1. The fourth-order valence-electron chi connectivity index (χ4n) is 1.53. The number of hydrogen-bond acceptors (Lipinski definition) is 4. The molecular formula is C12H8Br2N2O3S. The zero-order chi connectivity index (χ0) is 14.9. The highest BCUT2D eigenvalue weighted by Gasteiger charge is 2.17. The molecule has 0 spiro atoms. The number of anilines is 2. The van der Waals surface area contributed by atoms with E-state index in [0.29, 0.717) is 15.0 Å². The third kappa shape index (κ3) is 3.20. The summed E-state index contributed by atoms with van der Waals surface area (Å²) < 4.78 is 1.46. The predicted octanol–water partition coefficient (Wildman–Crippen LogP) is 3.81. The van der Waals surface area contributed by atoms with E-state index in [4.69, 9.17) is 10.8 Å². The summed E-state index contributed by atoms with van der Waals surface area (Å²) >= 11 is 7.92. The van der Waals surface area contributed by atoms with Crippen LogP contribution in [-0.2, 0) is 0 Å². The molecule has 4 N–H and O–H groups in total. The Labute approximate surface area is 135 Å². The first-order valence-electron chi connectivity index (χ1n) is 5.27. The molecule has 0 atom stereocenters. The van der Waals surface area contributed by atoms with Gasteiger partial charge < -0.3 is 16.2 Å². The van der Waals surface area contributed by atoms with Gasteiger partial charge >= 0.3 is 5.97 Å². The van der Waals surface area contributed by atoms with Gasteiger partial charge in [-0.1, -0.05) is 0 Å². The molecule has 0 saturated carbocycles. The van der Waals surface area contributed by atoms with Crippen LogP contribution in [0.2, 0.25) is 0 Å². The van der Waals surface area contributed by atoms with Gasteiger partial charge in [0, 0.05) is 5.69 Å². The SMILES string of the molecule is Nc1ccc(NC(=O)c2cc(Br)sc2Br)c(C(=O)O)c1. The molecule has 0 bridgehead atoms. The summed E-state index contributed by atoms with van der Waals surface area (Å²) in [6.45, 7) is 0. The van der Waals surface area contributed by atoms with E-state index >= 15 is 0 Å². The van der Waals surface area contributed by atoms with Crippen LogP contribution in [0.3, 0.4) is 0 Å². The monoisotopic (exact) mass is 418 g/mol. The maximum absolute atomic E-state index is 12.1. The number of carboxylic acid groups (broad SMARTS) is 1. The number of nitrogens with one attached hydrogen (secondary N) is 1. The van der Waals surface area contributed by atoms with Crippen molar-refractivity contribution in [3.8, 4) is 0 Å². The quantitative estimate of drug-likeness (QED) is 0.659. The topological polar surface area (TPSA) is 92.4 Å². The lowest BCUT2D eigenvalue weighted by molar-refractivity contribution is 0.0698. The van der Waals surface area contributed by atoms with E-state index < -0.39 is 11.9 Å². The summed E-state index contributed by atoms with van der Waals surface area (Å²) in [5, 5.41) is 11.7. The number of rotatable bonds is 3. The van der Waals surface area contributed by atoms with Gasteiger partial charge in [0.05, 0.1) is 24.4 Å². The maximum atomic E-state index is 12.1. The Hall–Kier alpha value is -1.38. The summed E-state index contributed by atoms with van der Waals surface area (Å²) in [5.74, 6) is -1.55. The number of carbonyl (C=O) groups is 2. The van der Waals surface area contributed by atoms with Gasteiger partial charge in [-0.05, 0) is 56.1 Å². The Morgan fingerprint density at radius 2 is 1.90 bits per heavy atom. The lowest BCUT2D eigenvalue weighted by Crippen LogP contribution is -2.14. The summed E-state index contributed by atoms with van der Waals surface area (Å²) in [6, 6.07) is 5.95.